The molecule has 0 amide bonds. The molecule has 30 heavy (non-hydrogen) atoms. The van der Waals surface area contributed by atoms with Gasteiger partial charge in [-0.05, 0) is 42.5 Å². The summed E-state index contributed by atoms with van der Waals surface area (Å²) in [5, 5.41) is 18.8. The van der Waals surface area contributed by atoms with E-state index in [1.807, 2.05) is 59.3 Å². The summed E-state index contributed by atoms with van der Waals surface area (Å²) in [6, 6.07) is 23.7. The van der Waals surface area contributed by atoms with Gasteiger partial charge in [0.05, 0.1) is 34.3 Å². The second-order valence-electron chi connectivity index (χ2n) is 6.81. The molecule has 0 unspecified atom stereocenters. The van der Waals surface area contributed by atoms with E-state index < -0.39 is 5.82 Å². The van der Waals surface area contributed by atoms with E-state index in [0.717, 1.165) is 22.3 Å². The Morgan fingerprint density at radius 3 is 2.50 bits per heavy atom. The van der Waals surface area contributed by atoms with Gasteiger partial charge in [0.25, 0.3) is 0 Å². The lowest BCUT2D eigenvalue weighted by molar-refractivity contribution is 0.624. The standard InChI is InChI=1S/C23H15FN6/c24-20-11-15(6-7-16(20)13-25)22-12-23(26)28-30(22)19-8-9-21-17(10-19)14-27-29(21)18-4-2-1-3-5-18/h1-12,14H,(H2,26,28). The number of para-hydroxylation sites is 1. The van der Waals surface area contributed by atoms with Crippen LogP contribution in [0, 0.1) is 17.1 Å². The Morgan fingerprint density at radius 1 is 0.900 bits per heavy atom. The molecule has 0 aliphatic rings. The van der Waals surface area contributed by atoms with Crippen LogP contribution in [0.15, 0.2) is 79.0 Å². The van der Waals surface area contributed by atoms with Crippen LogP contribution in [0.4, 0.5) is 10.2 Å². The number of nitriles is 1. The molecule has 6 nitrogen and oxygen atoms in total. The van der Waals surface area contributed by atoms with Gasteiger partial charge in [-0.15, -0.1) is 0 Å². The molecule has 5 aromatic rings. The highest BCUT2D eigenvalue weighted by atomic mass is 19.1. The predicted molar refractivity (Wildman–Crippen MR) is 113 cm³/mol. The summed E-state index contributed by atoms with van der Waals surface area (Å²) in [4.78, 5) is 0. The van der Waals surface area contributed by atoms with Gasteiger partial charge in [0, 0.05) is 17.0 Å². The first-order chi connectivity index (χ1) is 14.6. The van der Waals surface area contributed by atoms with Crippen molar-refractivity contribution in [1.82, 2.24) is 19.6 Å². The molecule has 0 aliphatic carbocycles. The molecule has 0 fully saturated rings. The topological polar surface area (TPSA) is 85.4 Å². The van der Waals surface area contributed by atoms with Crippen LogP contribution in [-0.4, -0.2) is 19.6 Å². The maximum Gasteiger partial charge on any atom is 0.146 e. The average molecular weight is 394 g/mol. The van der Waals surface area contributed by atoms with E-state index in [-0.39, 0.29) is 5.56 Å². The number of anilines is 1. The van der Waals surface area contributed by atoms with Crippen molar-refractivity contribution in [2.24, 2.45) is 0 Å². The smallest absolute Gasteiger partial charge is 0.146 e. The van der Waals surface area contributed by atoms with Crippen LogP contribution < -0.4 is 5.73 Å². The molecular formula is C23H15FN6. The maximum absolute atomic E-state index is 14.2. The van der Waals surface area contributed by atoms with Crippen LogP contribution in [0.2, 0.25) is 0 Å². The number of hydrogen-bond donors (Lipinski definition) is 1. The summed E-state index contributed by atoms with van der Waals surface area (Å²) < 4.78 is 17.7. The van der Waals surface area contributed by atoms with Gasteiger partial charge in [0.15, 0.2) is 0 Å². The second-order valence-corrected chi connectivity index (χ2v) is 6.81. The van der Waals surface area contributed by atoms with Crippen LogP contribution >= 0.6 is 0 Å². The van der Waals surface area contributed by atoms with E-state index in [4.69, 9.17) is 11.0 Å². The van der Waals surface area contributed by atoms with Gasteiger partial charge in [-0.25, -0.2) is 13.8 Å². The number of benzene rings is 3. The molecule has 3 aromatic carbocycles. The van der Waals surface area contributed by atoms with Crippen LogP contribution in [-0.2, 0) is 0 Å². The Balaban J connectivity index is 1.62. The zero-order chi connectivity index (χ0) is 20.7. The van der Waals surface area contributed by atoms with Gasteiger partial charge in [0.1, 0.15) is 17.7 Å². The number of fused-ring (bicyclic) bond motifs is 1. The summed E-state index contributed by atoms with van der Waals surface area (Å²) >= 11 is 0. The lowest BCUT2D eigenvalue weighted by Crippen LogP contribution is -2.01. The largest absolute Gasteiger partial charge is 0.382 e. The van der Waals surface area contributed by atoms with Gasteiger partial charge >= 0.3 is 0 Å². The number of nitrogens with zero attached hydrogens (tertiary/aromatic N) is 5. The molecule has 0 bridgehead atoms. The first-order valence-corrected chi connectivity index (χ1v) is 9.23. The van der Waals surface area contributed by atoms with E-state index in [1.54, 1.807) is 23.0 Å². The Labute approximate surface area is 171 Å². The fourth-order valence-electron chi connectivity index (χ4n) is 3.49. The summed E-state index contributed by atoms with van der Waals surface area (Å²) in [5.74, 6) is -0.268. The van der Waals surface area contributed by atoms with E-state index in [1.165, 1.54) is 12.1 Å². The molecule has 2 heterocycles. The number of halogens is 1. The van der Waals surface area contributed by atoms with Crippen molar-refractivity contribution in [2.75, 3.05) is 5.73 Å². The molecule has 0 atom stereocenters. The van der Waals surface area contributed by atoms with Gasteiger partial charge < -0.3 is 5.73 Å². The molecule has 0 saturated carbocycles. The van der Waals surface area contributed by atoms with Crippen molar-refractivity contribution in [3.8, 4) is 28.7 Å². The SMILES string of the molecule is N#Cc1ccc(-c2cc(N)nn2-c2ccc3c(cnn3-c3ccccc3)c2)cc1F. The molecule has 0 aliphatic heterocycles. The Bertz CT molecular complexity index is 1430. The maximum atomic E-state index is 14.2. The van der Waals surface area contributed by atoms with Gasteiger partial charge in [-0.1, -0.05) is 24.3 Å². The number of hydrogen-bond acceptors (Lipinski definition) is 4. The molecule has 7 heteroatoms. The fourth-order valence-corrected chi connectivity index (χ4v) is 3.49. The monoisotopic (exact) mass is 394 g/mol. The highest BCUT2D eigenvalue weighted by Crippen LogP contribution is 2.28. The van der Waals surface area contributed by atoms with Crippen molar-refractivity contribution in [1.29, 1.82) is 5.26 Å². The fraction of sp³-hybridized carbons (Fsp3) is 0. The Morgan fingerprint density at radius 2 is 1.73 bits per heavy atom. The molecule has 5 rings (SSSR count). The predicted octanol–water partition coefficient (Wildman–Crippen LogP) is 4.47. The minimum Gasteiger partial charge on any atom is -0.382 e. The third kappa shape index (κ3) is 2.88. The second kappa shape index (κ2) is 6.87. The zero-order valence-electron chi connectivity index (χ0n) is 15.7. The summed E-state index contributed by atoms with van der Waals surface area (Å²) in [7, 11) is 0. The molecule has 0 saturated heterocycles. The molecule has 144 valence electrons. The summed E-state index contributed by atoms with van der Waals surface area (Å²) in [6.07, 6.45) is 1.79. The quantitative estimate of drug-likeness (QED) is 0.489. The zero-order valence-corrected chi connectivity index (χ0v) is 15.7. The van der Waals surface area contributed by atoms with Crippen molar-refractivity contribution in [3.05, 3.63) is 90.4 Å². The third-order valence-corrected chi connectivity index (χ3v) is 4.91. The molecule has 0 radical (unpaired) electrons. The van der Waals surface area contributed by atoms with Gasteiger partial charge in [-0.2, -0.15) is 15.5 Å². The third-order valence-electron chi connectivity index (χ3n) is 4.91. The minimum atomic E-state index is -0.582. The van der Waals surface area contributed by atoms with Crippen molar-refractivity contribution < 1.29 is 4.39 Å². The van der Waals surface area contributed by atoms with Crippen molar-refractivity contribution in [2.45, 2.75) is 0 Å². The van der Waals surface area contributed by atoms with E-state index in [2.05, 4.69) is 10.2 Å². The summed E-state index contributed by atoms with van der Waals surface area (Å²) in [6.45, 7) is 0. The molecule has 2 aromatic heterocycles. The normalized spacial score (nSPS) is 10.9. The van der Waals surface area contributed by atoms with Crippen LogP contribution in [0.1, 0.15) is 5.56 Å². The lowest BCUT2D eigenvalue weighted by atomic mass is 10.1. The summed E-state index contributed by atoms with van der Waals surface area (Å²) in [5.41, 5.74) is 9.84. The Kier molecular flexibility index (Phi) is 4.04. The van der Waals surface area contributed by atoms with Crippen LogP contribution in [0.25, 0.3) is 33.5 Å². The van der Waals surface area contributed by atoms with Gasteiger partial charge in [0.2, 0.25) is 0 Å². The number of nitrogen functional groups attached to an aromatic ring is 1. The van der Waals surface area contributed by atoms with Crippen molar-refractivity contribution in [3.63, 3.8) is 0 Å². The first kappa shape index (κ1) is 17.6. The lowest BCUT2D eigenvalue weighted by Gasteiger charge is -2.09. The van der Waals surface area contributed by atoms with Crippen LogP contribution in [0.5, 0.6) is 0 Å². The first-order valence-electron chi connectivity index (χ1n) is 9.23. The molecule has 2 N–H and O–H groups in total. The van der Waals surface area contributed by atoms with E-state index in [9.17, 15) is 4.39 Å². The highest BCUT2D eigenvalue weighted by molar-refractivity contribution is 5.83. The number of nitrogens with two attached hydrogens (primary N) is 1. The minimum absolute atomic E-state index is 0.00691. The molecule has 0 spiro atoms. The van der Waals surface area contributed by atoms with Crippen LogP contribution in [0.3, 0.4) is 0 Å². The van der Waals surface area contributed by atoms with Crippen molar-refractivity contribution >= 4 is 16.7 Å². The Hall–Kier alpha value is -4.44. The van der Waals surface area contributed by atoms with E-state index in [0.29, 0.717) is 17.1 Å². The highest BCUT2D eigenvalue weighted by Gasteiger charge is 2.14. The van der Waals surface area contributed by atoms with Gasteiger partial charge in [-0.3, -0.25) is 0 Å². The average Bonchev–Trinajstić information content (AvgIpc) is 3.37. The number of aromatic nitrogens is 4. The number of rotatable bonds is 3. The molecular weight excluding hydrogens is 379 g/mol. The van der Waals surface area contributed by atoms with E-state index >= 15 is 0 Å².